The standard InChI is InChI=1S/C12H22N2O2/c1-10-5-7-14(8-6-10)12(15)11(13)4-3-9-16-2/h5,11H,3-4,6-9,13H2,1-2H3. The lowest BCUT2D eigenvalue weighted by molar-refractivity contribution is -0.132. The van der Waals surface area contributed by atoms with Gasteiger partial charge in [-0.05, 0) is 26.2 Å². The Labute approximate surface area is 97.4 Å². The van der Waals surface area contributed by atoms with E-state index >= 15 is 0 Å². The van der Waals surface area contributed by atoms with E-state index in [2.05, 4.69) is 13.0 Å². The molecule has 16 heavy (non-hydrogen) atoms. The van der Waals surface area contributed by atoms with Crippen molar-refractivity contribution >= 4 is 5.91 Å². The van der Waals surface area contributed by atoms with E-state index in [1.54, 1.807) is 7.11 Å². The van der Waals surface area contributed by atoms with Gasteiger partial charge in [-0.3, -0.25) is 4.79 Å². The maximum absolute atomic E-state index is 11.9. The van der Waals surface area contributed by atoms with Gasteiger partial charge >= 0.3 is 0 Å². The Morgan fingerprint density at radius 2 is 2.44 bits per heavy atom. The van der Waals surface area contributed by atoms with E-state index < -0.39 is 0 Å². The molecule has 1 unspecified atom stereocenters. The van der Waals surface area contributed by atoms with E-state index in [1.165, 1.54) is 5.57 Å². The number of rotatable bonds is 5. The van der Waals surface area contributed by atoms with Crippen molar-refractivity contribution in [3.05, 3.63) is 11.6 Å². The molecule has 0 bridgehead atoms. The van der Waals surface area contributed by atoms with Crippen LogP contribution in [0.3, 0.4) is 0 Å². The number of nitrogens with zero attached hydrogens (tertiary/aromatic N) is 1. The molecule has 1 heterocycles. The third-order valence-electron chi connectivity index (χ3n) is 2.93. The van der Waals surface area contributed by atoms with Gasteiger partial charge in [-0.2, -0.15) is 0 Å². The fourth-order valence-corrected chi connectivity index (χ4v) is 1.78. The maximum Gasteiger partial charge on any atom is 0.239 e. The molecule has 0 fully saturated rings. The number of ether oxygens (including phenoxy) is 1. The second-order valence-corrected chi connectivity index (χ2v) is 4.33. The molecule has 1 aliphatic heterocycles. The monoisotopic (exact) mass is 226 g/mol. The zero-order chi connectivity index (χ0) is 12.0. The topological polar surface area (TPSA) is 55.6 Å². The van der Waals surface area contributed by atoms with Crippen molar-refractivity contribution in [2.45, 2.75) is 32.2 Å². The summed E-state index contributed by atoms with van der Waals surface area (Å²) in [5, 5.41) is 0. The van der Waals surface area contributed by atoms with E-state index in [4.69, 9.17) is 10.5 Å². The first-order valence-corrected chi connectivity index (χ1v) is 5.84. The van der Waals surface area contributed by atoms with Gasteiger partial charge in [0.15, 0.2) is 0 Å². The predicted octanol–water partition coefficient (Wildman–Crippen LogP) is 0.919. The van der Waals surface area contributed by atoms with Gasteiger partial charge in [0.2, 0.25) is 5.91 Å². The molecular weight excluding hydrogens is 204 g/mol. The van der Waals surface area contributed by atoms with Gasteiger partial charge < -0.3 is 15.4 Å². The molecule has 1 rings (SSSR count). The third-order valence-corrected chi connectivity index (χ3v) is 2.93. The molecule has 1 amide bonds. The lowest BCUT2D eigenvalue weighted by Crippen LogP contribution is -2.45. The predicted molar refractivity (Wildman–Crippen MR) is 64.0 cm³/mol. The lowest BCUT2D eigenvalue weighted by atomic mass is 10.1. The number of carbonyl (C=O) groups excluding carboxylic acids is 1. The van der Waals surface area contributed by atoms with E-state index in [-0.39, 0.29) is 11.9 Å². The fraction of sp³-hybridized carbons (Fsp3) is 0.750. The van der Waals surface area contributed by atoms with Crippen LogP contribution < -0.4 is 5.73 Å². The maximum atomic E-state index is 11.9. The molecule has 0 saturated carbocycles. The highest BCUT2D eigenvalue weighted by atomic mass is 16.5. The number of methoxy groups -OCH3 is 1. The van der Waals surface area contributed by atoms with E-state index in [0.29, 0.717) is 19.6 Å². The molecule has 92 valence electrons. The quantitative estimate of drug-likeness (QED) is 0.560. The lowest BCUT2D eigenvalue weighted by Gasteiger charge is -2.28. The smallest absolute Gasteiger partial charge is 0.239 e. The number of nitrogens with two attached hydrogens (primary N) is 1. The van der Waals surface area contributed by atoms with Gasteiger partial charge in [-0.15, -0.1) is 0 Å². The average molecular weight is 226 g/mol. The van der Waals surface area contributed by atoms with Gasteiger partial charge in [-0.25, -0.2) is 0 Å². The molecule has 0 spiro atoms. The molecule has 1 atom stereocenters. The van der Waals surface area contributed by atoms with Gasteiger partial charge in [-0.1, -0.05) is 11.6 Å². The highest BCUT2D eigenvalue weighted by molar-refractivity contribution is 5.81. The minimum atomic E-state index is -0.373. The highest BCUT2D eigenvalue weighted by Crippen LogP contribution is 2.11. The van der Waals surface area contributed by atoms with Crippen LogP contribution in [0.25, 0.3) is 0 Å². The molecule has 0 aromatic rings. The van der Waals surface area contributed by atoms with Gasteiger partial charge in [0.05, 0.1) is 6.04 Å². The van der Waals surface area contributed by atoms with Crippen LogP contribution in [0.15, 0.2) is 11.6 Å². The minimum Gasteiger partial charge on any atom is -0.385 e. The molecule has 0 aliphatic carbocycles. The summed E-state index contributed by atoms with van der Waals surface area (Å²) in [6, 6.07) is -0.373. The Morgan fingerprint density at radius 1 is 1.69 bits per heavy atom. The first kappa shape index (κ1) is 13.2. The van der Waals surface area contributed by atoms with Crippen LogP contribution in [0.4, 0.5) is 0 Å². The number of carbonyl (C=O) groups is 1. The van der Waals surface area contributed by atoms with Crippen molar-refractivity contribution in [2.75, 3.05) is 26.8 Å². The van der Waals surface area contributed by atoms with Crippen LogP contribution in [-0.4, -0.2) is 43.7 Å². The van der Waals surface area contributed by atoms with Crippen LogP contribution >= 0.6 is 0 Å². The molecule has 1 aliphatic rings. The second-order valence-electron chi connectivity index (χ2n) is 4.33. The Hall–Kier alpha value is -0.870. The molecule has 0 saturated heterocycles. The average Bonchev–Trinajstić information content (AvgIpc) is 2.29. The normalized spacial score (nSPS) is 18.2. The summed E-state index contributed by atoms with van der Waals surface area (Å²) in [7, 11) is 1.66. The van der Waals surface area contributed by atoms with Crippen molar-refractivity contribution in [3.63, 3.8) is 0 Å². The second kappa shape index (κ2) is 6.66. The molecule has 0 aromatic heterocycles. The first-order chi connectivity index (χ1) is 7.65. The van der Waals surface area contributed by atoms with Crippen LogP contribution in [0, 0.1) is 0 Å². The summed E-state index contributed by atoms with van der Waals surface area (Å²) in [5.41, 5.74) is 7.21. The summed E-state index contributed by atoms with van der Waals surface area (Å²) in [4.78, 5) is 13.8. The summed E-state index contributed by atoms with van der Waals surface area (Å²) in [5.74, 6) is 0.0693. The number of hydrogen-bond donors (Lipinski definition) is 1. The molecular formula is C12H22N2O2. The van der Waals surface area contributed by atoms with E-state index in [9.17, 15) is 4.79 Å². The van der Waals surface area contributed by atoms with Crippen molar-refractivity contribution in [1.29, 1.82) is 0 Å². The van der Waals surface area contributed by atoms with Gasteiger partial charge in [0, 0.05) is 26.8 Å². The van der Waals surface area contributed by atoms with Crippen LogP contribution in [0.1, 0.15) is 26.2 Å². The van der Waals surface area contributed by atoms with E-state index in [1.807, 2.05) is 4.90 Å². The summed E-state index contributed by atoms with van der Waals surface area (Å²) < 4.78 is 4.94. The Kier molecular flexibility index (Phi) is 5.49. The largest absolute Gasteiger partial charge is 0.385 e. The molecule has 0 radical (unpaired) electrons. The third kappa shape index (κ3) is 3.94. The van der Waals surface area contributed by atoms with Crippen LogP contribution in [-0.2, 0) is 9.53 Å². The number of hydrogen-bond acceptors (Lipinski definition) is 3. The molecule has 4 heteroatoms. The number of amides is 1. The zero-order valence-electron chi connectivity index (χ0n) is 10.2. The van der Waals surface area contributed by atoms with Crippen molar-refractivity contribution in [1.82, 2.24) is 4.90 Å². The SMILES string of the molecule is COCCCC(N)C(=O)N1CC=C(C)CC1. The van der Waals surface area contributed by atoms with Crippen molar-refractivity contribution in [3.8, 4) is 0 Å². The summed E-state index contributed by atoms with van der Waals surface area (Å²) >= 11 is 0. The Bertz CT molecular complexity index is 264. The van der Waals surface area contributed by atoms with Gasteiger partial charge in [0.25, 0.3) is 0 Å². The van der Waals surface area contributed by atoms with Crippen LogP contribution in [0.5, 0.6) is 0 Å². The van der Waals surface area contributed by atoms with Crippen molar-refractivity contribution < 1.29 is 9.53 Å². The molecule has 0 aromatic carbocycles. The van der Waals surface area contributed by atoms with Crippen molar-refractivity contribution in [2.24, 2.45) is 5.73 Å². The minimum absolute atomic E-state index is 0.0693. The van der Waals surface area contributed by atoms with E-state index in [0.717, 1.165) is 19.4 Å². The zero-order valence-corrected chi connectivity index (χ0v) is 10.2. The first-order valence-electron chi connectivity index (χ1n) is 5.84. The fourth-order valence-electron chi connectivity index (χ4n) is 1.78. The molecule has 2 N–H and O–H groups in total. The van der Waals surface area contributed by atoms with Gasteiger partial charge in [0.1, 0.15) is 0 Å². The summed E-state index contributed by atoms with van der Waals surface area (Å²) in [6.45, 7) is 4.28. The molecule has 4 nitrogen and oxygen atoms in total. The highest BCUT2D eigenvalue weighted by Gasteiger charge is 2.21. The Balaban J connectivity index is 2.33. The van der Waals surface area contributed by atoms with Crippen LogP contribution in [0.2, 0.25) is 0 Å². The Morgan fingerprint density at radius 3 is 3.00 bits per heavy atom. The summed E-state index contributed by atoms with van der Waals surface area (Å²) in [6.07, 6.45) is 4.61.